The monoisotopic (exact) mass is 333 g/mol. The summed E-state index contributed by atoms with van der Waals surface area (Å²) in [5, 5.41) is 3.32. The number of halogens is 1. The molecular formula is C16H16BrNO2. The zero-order valence-electron chi connectivity index (χ0n) is 11.4. The molecule has 0 fully saturated rings. The molecule has 0 saturated heterocycles. The van der Waals surface area contributed by atoms with Crippen molar-refractivity contribution < 1.29 is 9.53 Å². The van der Waals surface area contributed by atoms with Gasteiger partial charge in [0.05, 0.1) is 12.7 Å². The Morgan fingerprint density at radius 3 is 2.70 bits per heavy atom. The minimum atomic E-state index is -0.312. The Morgan fingerprint density at radius 1 is 1.25 bits per heavy atom. The number of nitrogens with one attached hydrogen (secondary N) is 1. The molecule has 0 heterocycles. The molecule has 0 amide bonds. The van der Waals surface area contributed by atoms with Crippen LogP contribution >= 0.6 is 15.9 Å². The Labute approximate surface area is 127 Å². The molecule has 0 aliphatic heterocycles. The molecule has 4 heteroatoms. The highest BCUT2D eigenvalue weighted by Gasteiger charge is 2.10. The smallest absolute Gasteiger partial charge is 0.338 e. The van der Waals surface area contributed by atoms with Crippen molar-refractivity contribution in [2.75, 3.05) is 12.4 Å². The highest BCUT2D eigenvalue weighted by Crippen LogP contribution is 2.20. The van der Waals surface area contributed by atoms with Gasteiger partial charge in [-0.1, -0.05) is 34.1 Å². The Kier molecular flexibility index (Phi) is 4.79. The molecule has 2 aromatic rings. The Bertz CT molecular complexity index is 605. The summed E-state index contributed by atoms with van der Waals surface area (Å²) in [5.74, 6) is -0.312. The third kappa shape index (κ3) is 3.61. The van der Waals surface area contributed by atoms with Crippen LogP contribution in [0.3, 0.4) is 0 Å². The van der Waals surface area contributed by atoms with Crippen LogP contribution in [-0.4, -0.2) is 13.1 Å². The lowest BCUT2D eigenvalue weighted by atomic mass is 10.1. The first-order valence-corrected chi connectivity index (χ1v) is 7.06. The topological polar surface area (TPSA) is 38.3 Å². The number of benzene rings is 2. The second-order valence-corrected chi connectivity index (χ2v) is 5.44. The summed E-state index contributed by atoms with van der Waals surface area (Å²) in [5.41, 5.74) is 3.69. The second-order valence-electron chi connectivity index (χ2n) is 4.52. The number of aryl methyl sites for hydroxylation is 1. The Hall–Kier alpha value is -1.81. The van der Waals surface area contributed by atoms with E-state index in [9.17, 15) is 4.79 Å². The van der Waals surface area contributed by atoms with Crippen LogP contribution in [0.5, 0.6) is 0 Å². The predicted molar refractivity (Wildman–Crippen MR) is 84.0 cm³/mol. The Balaban J connectivity index is 2.16. The van der Waals surface area contributed by atoms with Gasteiger partial charge in [0, 0.05) is 16.7 Å². The standard InChI is InChI=1S/C16H16BrNO2/c1-11-7-13(17)9-14(8-11)18-10-12-5-3-4-6-15(12)16(19)20-2/h3-9,18H,10H2,1-2H3. The van der Waals surface area contributed by atoms with Gasteiger partial charge in [-0.2, -0.15) is 0 Å². The number of hydrogen-bond acceptors (Lipinski definition) is 3. The molecule has 0 unspecified atom stereocenters. The van der Waals surface area contributed by atoms with Gasteiger partial charge in [0.2, 0.25) is 0 Å². The highest BCUT2D eigenvalue weighted by atomic mass is 79.9. The van der Waals surface area contributed by atoms with E-state index in [0.717, 1.165) is 15.7 Å². The normalized spacial score (nSPS) is 10.2. The van der Waals surface area contributed by atoms with Gasteiger partial charge in [0.1, 0.15) is 0 Å². The van der Waals surface area contributed by atoms with Crippen molar-refractivity contribution >= 4 is 27.6 Å². The summed E-state index contributed by atoms with van der Waals surface area (Å²) in [4.78, 5) is 11.7. The molecule has 2 rings (SSSR count). The maximum atomic E-state index is 11.7. The molecule has 0 aromatic heterocycles. The second kappa shape index (κ2) is 6.57. The first-order valence-electron chi connectivity index (χ1n) is 6.27. The van der Waals surface area contributed by atoms with Gasteiger partial charge in [-0.15, -0.1) is 0 Å². The van der Waals surface area contributed by atoms with Crippen LogP contribution in [0.15, 0.2) is 46.9 Å². The molecule has 2 aromatic carbocycles. The zero-order valence-corrected chi connectivity index (χ0v) is 13.0. The van der Waals surface area contributed by atoms with E-state index in [1.807, 2.05) is 37.3 Å². The predicted octanol–water partition coefficient (Wildman–Crippen LogP) is 4.16. The molecule has 0 bridgehead atoms. The van der Waals surface area contributed by atoms with Crippen LogP contribution < -0.4 is 5.32 Å². The summed E-state index contributed by atoms with van der Waals surface area (Å²) >= 11 is 3.47. The molecule has 0 atom stereocenters. The van der Waals surface area contributed by atoms with E-state index in [4.69, 9.17) is 4.74 Å². The number of ether oxygens (including phenoxy) is 1. The lowest BCUT2D eigenvalue weighted by molar-refractivity contribution is 0.0599. The Morgan fingerprint density at radius 2 is 2.00 bits per heavy atom. The largest absolute Gasteiger partial charge is 0.465 e. The van der Waals surface area contributed by atoms with Crippen LogP contribution in [0.4, 0.5) is 5.69 Å². The minimum absolute atomic E-state index is 0.312. The summed E-state index contributed by atoms with van der Waals surface area (Å²) in [6.45, 7) is 2.61. The molecule has 3 nitrogen and oxygen atoms in total. The number of anilines is 1. The molecule has 0 aliphatic rings. The maximum Gasteiger partial charge on any atom is 0.338 e. The maximum absolute atomic E-state index is 11.7. The molecule has 1 N–H and O–H groups in total. The van der Waals surface area contributed by atoms with Crippen LogP contribution in [0.25, 0.3) is 0 Å². The zero-order chi connectivity index (χ0) is 14.5. The number of hydrogen-bond donors (Lipinski definition) is 1. The molecule has 0 spiro atoms. The SMILES string of the molecule is COC(=O)c1ccccc1CNc1cc(C)cc(Br)c1. The molecule has 0 aliphatic carbocycles. The van der Waals surface area contributed by atoms with Crippen LogP contribution in [0.2, 0.25) is 0 Å². The van der Waals surface area contributed by atoms with Gasteiger partial charge < -0.3 is 10.1 Å². The van der Waals surface area contributed by atoms with Gasteiger partial charge in [-0.05, 0) is 42.3 Å². The first kappa shape index (κ1) is 14.6. The lowest BCUT2D eigenvalue weighted by Gasteiger charge is -2.11. The summed E-state index contributed by atoms with van der Waals surface area (Å²) < 4.78 is 5.82. The van der Waals surface area contributed by atoms with Crippen molar-refractivity contribution in [1.82, 2.24) is 0 Å². The van der Waals surface area contributed by atoms with Crippen molar-refractivity contribution in [2.24, 2.45) is 0 Å². The number of rotatable bonds is 4. The van der Waals surface area contributed by atoms with Gasteiger partial charge >= 0.3 is 5.97 Å². The van der Waals surface area contributed by atoms with Crippen molar-refractivity contribution in [2.45, 2.75) is 13.5 Å². The van der Waals surface area contributed by atoms with E-state index >= 15 is 0 Å². The summed E-state index contributed by atoms with van der Waals surface area (Å²) in [7, 11) is 1.39. The van der Waals surface area contributed by atoms with Crippen molar-refractivity contribution in [3.05, 3.63) is 63.6 Å². The minimum Gasteiger partial charge on any atom is -0.465 e. The number of methoxy groups -OCH3 is 1. The molecule has 0 saturated carbocycles. The third-order valence-electron chi connectivity index (χ3n) is 2.95. The summed E-state index contributed by atoms with van der Waals surface area (Å²) in [6, 6.07) is 13.6. The van der Waals surface area contributed by atoms with Crippen molar-refractivity contribution in [1.29, 1.82) is 0 Å². The fourth-order valence-corrected chi connectivity index (χ4v) is 2.63. The van der Waals surface area contributed by atoms with E-state index in [1.165, 1.54) is 12.7 Å². The van der Waals surface area contributed by atoms with Crippen LogP contribution in [0.1, 0.15) is 21.5 Å². The van der Waals surface area contributed by atoms with E-state index in [0.29, 0.717) is 12.1 Å². The highest BCUT2D eigenvalue weighted by molar-refractivity contribution is 9.10. The van der Waals surface area contributed by atoms with E-state index < -0.39 is 0 Å². The molecular weight excluding hydrogens is 318 g/mol. The van der Waals surface area contributed by atoms with Gasteiger partial charge in [-0.3, -0.25) is 0 Å². The average Bonchev–Trinajstić information content (AvgIpc) is 2.43. The lowest BCUT2D eigenvalue weighted by Crippen LogP contribution is -2.09. The average molecular weight is 334 g/mol. The van der Waals surface area contributed by atoms with Crippen LogP contribution in [0, 0.1) is 6.92 Å². The molecule has 20 heavy (non-hydrogen) atoms. The molecule has 104 valence electrons. The quantitative estimate of drug-likeness (QED) is 0.854. The summed E-state index contributed by atoms with van der Waals surface area (Å²) in [6.07, 6.45) is 0. The number of carbonyl (C=O) groups excluding carboxylic acids is 1. The van der Waals surface area contributed by atoms with Crippen molar-refractivity contribution in [3.8, 4) is 0 Å². The molecule has 0 radical (unpaired) electrons. The van der Waals surface area contributed by atoms with Crippen LogP contribution in [-0.2, 0) is 11.3 Å². The van der Waals surface area contributed by atoms with E-state index in [1.54, 1.807) is 6.07 Å². The fourth-order valence-electron chi connectivity index (χ4n) is 2.02. The van der Waals surface area contributed by atoms with E-state index in [-0.39, 0.29) is 5.97 Å². The van der Waals surface area contributed by atoms with Gasteiger partial charge in [-0.25, -0.2) is 4.79 Å². The van der Waals surface area contributed by atoms with Gasteiger partial charge in [0.25, 0.3) is 0 Å². The third-order valence-corrected chi connectivity index (χ3v) is 3.41. The number of carbonyl (C=O) groups is 1. The van der Waals surface area contributed by atoms with E-state index in [2.05, 4.69) is 27.3 Å². The van der Waals surface area contributed by atoms with Gasteiger partial charge in [0.15, 0.2) is 0 Å². The first-order chi connectivity index (χ1) is 9.60. The fraction of sp³-hybridized carbons (Fsp3) is 0.188. The van der Waals surface area contributed by atoms with Crippen molar-refractivity contribution in [3.63, 3.8) is 0 Å². The number of esters is 1.